The van der Waals surface area contributed by atoms with Crippen LogP contribution < -0.4 is 5.32 Å². The molecule has 1 aliphatic carbocycles. The molecular formula is C10H17NO3. The lowest BCUT2D eigenvalue weighted by atomic mass is 10.0. The van der Waals surface area contributed by atoms with Crippen molar-refractivity contribution in [3.63, 3.8) is 0 Å². The number of hydrogen-bond acceptors (Lipinski definition) is 3. The zero-order chi connectivity index (χ0) is 10.6. The molecule has 0 saturated heterocycles. The molecule has 0 aliphatic heterocycles. The Morgan fingerprint density at radius 1 is 1.43 bits per heavy atom. The third-order valence-electron chi connectivity index (χ3n) is 2.63. The van der Waals surface area contributed by atoms with E-state index in [2.05, 4.69) is 11.9 Å². The fraction of sp³-hybridized carbons (Fsp3) is 0.700. The summed E-state index contributed by atoms with van der Waals surface area (Å²) in [5.41, 5.74) is -0.495. The van der Waals surface area contributed by atoms with E-state index in [1.807, 2.05) is 0 Å². The number of hydrogen-bond donors (Lipinski definition) is 3. The molecule has 0 amide bonds. The van der Waals surface area contributed by atoms with E-state index in [1.54, 1.807) is 0 Å². The van der Waals surface area contributed by atoms with E-state index >= 15 is 0 Å². The van der Waals surface area contributed by atoms with Crippen molar-refractivity contribution >= 4 is 5.97 Å². The normalized spacial score (nSPS) is 19.5. The van der Waals surface area contributed by atoms with E-state index in [9.17, 15) is 9.90 Å². The number of aliphatic carboxylic acids is 1. The Morgan fingerprint density at radius 2 is 2.00 bits per heavy atom. The van der Waals surface area contributed by atoms with Crippen molar-refractivity contribution in [1.82, 2.24) is 5.32 Å². The van der Waals surface area contributed by atoms with Gasteiger partial charge in [-0.1, -0.05) is 19.4 Å². The van der Waals surface area contributed by atoms with E-state index in [1.165, 1.54) is 0 Å². The highest BCUT2D eigenvalue weighted by Crippen LogP contribution is 2.28. The summed E-state index contributed by atoms with van der Waals surface area (Å²) in [6, 6.07) is 0. The number of carbonyl (C=O) groups is 1. The molecule has 3 N–H and O–H groups in total. The number of nitrogens with one attached hydrogen (secondary N) is 1. The Balaban J connectivity index is 2.20. The summed E-state index contributed by atoms with van der Waals surface area (Å²) in [6.45, 7) is 4.09. The van der Waals surface area contributed by atoms with Crippen molar-refractivity contribution in [3.8, 4) is 0 Å². The Kier molecular flexibility index (Phi) is 3.66. The zero-order valence-electron chi connectivity index (χ0n) is 8.25. The highest BCUT2D eigenvalue weighted by atomic mass is 16.4. The van der Waals surface area contributed by atoms with Crippen LogP contribution in [-0.2, 0) is 4.79 Å². The predicted octanol–water partition coefficient (Wildman–Crippen LogP) is 0.522. The van der Waals surface area contributed by atoms with Crippen LogP contribution in [0, 0.1) is 0 Å². The molecule has 0 aromatic carbocycles. The number of aliphatic hydroxyl groups is 1. The van der Waals surface area contributed by atoms with E-state index in [-0.39, 0.29) is 12.1 Å². The fourth-order valence-electron chi connectivity index (χ4n) is 1.73. The molecule has 80 valence electrons. The SMILES string of the molecule is C=C(CNCC1(O)CCCC1)C(=O)O. The molecule has 0 radical (unpaired) electrons. The Hall–Kier alpha value is -0.870. The van der Waals surface area contributed by atoms with Gasteiger partial charge in [0.15, 0.2) is 0 Å². The van der Waals surface area contributed by atoms with Gasteiger partial charge in [-0.25, -0.2) is 4.79 Å². The molecule has 4 heteroatoms. The van der Waals surface area contributed by atoms with Crippen molar-refractivity contribution in [2.45, 2.75) is 31.3 Å². The minimum Gasteiger partial charge on any atom is -0.478 e. The molecule has 0 atom stereocenters. The third-order valence-corrected chi connectivity index (χ3v) is 2.63. The maximum Gasteiger partial charge on any atom is 0.332 e. The van der Waals surface area contributed by atoms with Crippen LogP contribution in [0.25, 0.3) is 0 Å². The third kappa shape index (κ3) is 3.12. The lowest BCUT2D eigenvalue weighted by Crippen LogP contribution is -2.39. The van der Waals surface area contributed by atoms with E-state index in [0.29, 0.717) is 6.54 Å². The van der Waals surface area contributed by atoms with Crippen LogP contribution in [0.15, 0.2) is 12.2 Å². The van der Waals surface area contributed by atoms with Gasteiger partial charge in [-0.3, -0.25) is 0 Å². The van der Waals surface area contributed by atoms with Crippen molar-refractivity contribution in [2.24, 2.45) is 0 Å². The lowest BCUT2D eigenvalue weighted by Gasteiger charge is -2.22. The summed E-state index contributed by atoms with van der Waals surface area (Å²) in [5, 5.41) is 21.4. The second-order valence-electron chi connectivity index (χ2n) is 3.94. The number of carboxylic acid groups (broad SMARTS) is 1. The van der Waals surface area contributed by atoms with Gasteiger partial charge in [0.1, 0.15) is 0 Å². The largest absolute Gasteiger partial charge is 0.478 e. The van der Waals surface area contributed by atoms with Gasteiger partial charge in [0.25, 0.3) is 0 Å². The molecule has 1 rings (SSSR count). The van der Waals surface area contributed by atoms with Gasteiger partial charge in [-0.2, -0.15) is 0 Å². The quantitative estimate of drug-likeness (QED) is 0.565. The average molecular weight is 199 g/mol. The zero-order valence-corrected chi connectivity index (χ0v) is 8.25. The second kappa shape index (κ2) is 4.57. The van der Waals surface area contributed by atoms with Gasteiger partial charge in [0.2, 0.25) is 0 Å². The van der Waals surface area contributed by atoms with Crippen LogP contribution in [0.5, 0.6) is 0 Å². The molecule has 0 aromatic rings. The van der Waals surface area contributed by atoms with Gasteiger partial charge >= 0.3 is 5.97 Å². The van der Waals surface area contributed by atoms with Crippen molar-refractivity contribution in [2.75, 3.05) is 13.1 Å². The van der Waals surface area contributed by atoms with Gasteiger partial charge in [0, 0.05) is 18.7 Å². The molecule has 1 saturated carbocycles. The monoisotopic (exact) mass is 199 g/mol. The predicted molar refractivity (Wildman–Crippen MR) is 53.1 cm³/mol. The van der Waals surface area contributed by atoms with Gasteiger partial charge in [-0.05, 0) is 12.8 Å². The second-order valence-corrected chi connectivity index (χ2v) is 3.94. The first-order valence-electron chi connectivity index (χ1n) is 4.88. The molecular weight excluding hydrogens is 182 g/mol. The Morgan fingerprint density at radius 3 is 2.50 bits per heavy atom. The maximum atomic E-state index is 10.4. The van der Waals surface area contributed by atoms with Crippen LogP contribution in [0.2, 0.25) is 0 Å². The highest BCUT2D eigenvalue weighted by molar-refractivity contribution is 5.86. The molecule has 4 nitrogen and oxygen atoms in total. The topological polar surface area (TPSA) is 69.6 Å². The molecule has 0 bridgehead atoms. The lowest BCUT2D eigenvalue weighted by molar-refractivity contribution is -0.132. The summed E-state index contributed by atoms with van der Waals surface area (Å²) in [6.07, 6.45) is 3.72. The van der Waals surface area contributed by atoms with E-state index in [4.69, 9.17) is 5.11 Å². The molecule has 0 heterocycles. The summed E-state index contributed by atoms with van der Waals surface area (Å²) in [5.74, 6) is -0.990. The number of rotatable bonds is 5. The van der Waals surface area contributed by atoms with Crippen molar-refractivity contribution in [3.05, 3.63) is 12.2 Å². The standard InChI is InChI=1S/C10H17NO3/c1-8(9(12)13)6-11-7-10(14)4-2-3-5-10/h11,14H,1-7H2,(H,12,13). The van der Waals surface area contributed by atoms with E-state index < -0.39 is 11.6 Å². The van der Waals surface area contributed by atoms with Crippen LogP contribution in [0.4, 0.5) is 0 Å². The molecule has 0 spiro atoms. The van der Waals surface area contributed by atoms with Gasteiger partial charge < -0.3 is 15.5 Å². The average Bonchev–Trinajstić information content (AvgIpc) is 2.52. The first-order valence-corrected chi connectivity index (χ1v) is 4.88. The Bertz CT molecular complexity index is 232. The molecule has 0 aromatic heterocycles. The van der Waals surface area contributed by atoms with Crippen LogP contribution in [0.3, 0.4) is 0 Å². The first-order chi connectivity index (χ1) is 6.53. The first kappa shape index (κ1) is 11.2. The van der Waals surface area contributed by atoms with Gasteiger partial charge in [-0.15, -0.1) is 0 Å². The molecule has 0 unspecified atom stereocenters. The van der Waals surface area contributed by atoms with Crippen molar-refractivity contribution in [1.29, 1.82) is 0 Å². The minimum absolute atomic E-state index is 0.131. The van der Waals surface area contributed by atoms with Crippen molar-refractivity contribution < 1.29 is 15.0 Å². The summed E-state index contributed by atoms with van der Waals surface area (Å²) in [7, 11) is 0. The van der Waals surface area contributed by atoms with Gasteiger partial charge in [0.05, 0.1) is 5.60 Å². The van der Waals surface area contributed by atoms with Crippen LogP contribution >= 0.6 is 0 Å². The smallest absolute Gasteiger partial charge is 0.332 e. The summed E-state index contributed by atoms with van der Waals surface area (Å²) < 4.78 is 0. The Labute approximate surface area is 83.6 Å². The molecule has 1 fully saturated rings. The molecule has 1 aliphatic rings. The fourth-order valence-corrected chi connectivity index (χ4v) is 1.73. The maximum absolute atomic E-state index is 10.4. The van der Waals surface area contributed by atoms with Crippen LogP contribution in [0.1, 0.15) is 25.7 Å². The summed E-state index contributed by atoms with van der Waals surface area (Å²) >= 11 is 0. The van der Waals surface area contributed by atoms with Crippen LogP contribution in [-0.4, -0.2) is 34.9 Å². The minimum atomic E-state index is -0.990. The van der Waals surface area contributed by atoms with E-state index in [0.717, 1.165) is 25.7 Å². The highest BCUT2D eigenvalue weighted by Gasteiger charge is 2.30. The summed E-state index contributed by atoms with van der Waals surface area (Å²) in [4.78, 5) is 10.4. The number of carboxylic acids is 1. The molecule has 14 heavy (non-hydrogen) atoms.